The number of aliphatic hydroxyl groups is 1. The van der Waals surface area contributed by atoms with Gasteiger partial charge in [-0.25, -0.2) is 0 Å². The molecule has 1 unspecified atom stereocenters. The molecule has 1 saturated carbocycles. The zero-order chi connectivity index (χ0) is 30.0. The third kappa shape index (κ3) is 5.92. The van der Waals surface area contributed by atoms with Gasteiger partial charge in [-0.15, -0.1) is 0 Å². The highest BCUT2D eigenvalue weighted by atomic mass is 19.4. The molecule has 1 N–H and O–H groups in total. The summed E-state index contributed by atoms with van der Waals surface area (Å²) < 4.78 is 51.6. The number of alkyl halides is 3. The van der Waals surface area contributed by atoms with Crippen molar-refractivity contribution in [3.63, 3.8) is 0 Å². The first-order valence-corrected chi connectivity index (χ1v) is 13.9. The molecule has 0 spiro atoms. The van der Waals surface area contributed by atoms with E-state index < -0.39 is 35.2 Å². The first kappa shape index (κ1) is 29.4. The molecule has 42 heavy (non-hydrogen) atoms. The van der Waals surface area contributed by atoms with Crippen LogP contribution in [0.5, 0.6) is 5.75 Å². The summed E-state index contributed by atoms with van der Waals surface area (Å²) in [6, 6.07) is 17.5. The molecule has 0 radical (unpaired) electrons. The lowest BCUT2D eigenvalue weighted by Crippen LogP contribution is -2.43. The van der Waals surface area contributed by atoms with Crippen LogP contribution in [0.25, 0.3) is 0 Å². The van der Waals surface area contributed by atoms with Crippen LogP contribution in [-0.2, 0) is 22.3 Å². The summed E-state index contributed by atoms with van der Waals surface area (Å²) in [4.78, 5) is 29.3. The van der Waals surface area contributed by atoms with Gasteiger partial charge in [0.2, 0.25) is 0 Å². The third-order valence-electron chi connectivity index (χ3n) is 8.03. The lowest BCUT2D eigenvalue weighted by Gasteiger charge is -2.38. The number of methoxy groups -OCH3 is 1. The second kappa shape index (κ2) is 12.0. The van der Waals surface area contributed by atoms with Crippen LogP contribution < -0.4 is 4.74 Å². The van der Waals surface area contributed by atoms with Gasteiger partial charge in [-0.1, -0.05) is 54.1 Å². The summed E-state index contributed by atoms with van der Waals surface area (Å²) in [6.45, 7) is 1.99. The van der Waals surface area contributed by atoms with Crippen LogP contribution in [-0.4, -0.2) is 41.0 Å². The Morgan fingerprint density at radius 3 is 2.26 bits per heavy atom. The molecule has 1 heterocycles. The van der Waals surface area contributed by atoms with Gasteiger partial charge in [0.1, 0.15) is 12.4 Å². The van der Waals surface area contributed by atoms with E-state index in [2.05, 4.69) is 0 Å². The Morgan fingerprint density at radius 2 is 1.64 bits per heavy atom. The van der Waals surface area contributed by atoms with Crippen molar-refractivity contribution in [2.45, 2.75) is 63.6 Å². The van der Waals surface area contributed by atoms with Crippen molar-refractivity contribution in [1.29, 1.82) is 0 Å². The molecule has 5 rings (SSSR count). The molecule has 1 aliphatic carbocycles. The standard InChI is InChI=1S/C33H32F3NO5/c1-20-8-17-27(42-19-21-6-4-3-5-7-21)26(18-20)30(38)28-29(22-9-11-23(12-10-22)33(34,35)36)37(32(40)31(28)39)24-13-15-25(41-2)16-14-24/h3-12,17-18,24-25,29,39H,13-16,19H2,1-2H3. The number of ketones is 1. The van der Waals surface area contributed by atoms with E-state index in [4.69, 9.17) is 9.47 Å². The van der Waals surface area contributed by atoms with Crippen LogP contribution in [0.15, 0.2) is 84.1 Å². The van der Waals surface area contributed by atoms with E-state index >= 15 is 0 Å². The number of aryl methyl sites for hydroxylation is 1. The quantitative estimate of drug-likeness (QED) is 0.288. The lowest BCUT2D eigenvalue weighted by molar-refractivity contribution is -0.137. The minimum absolute atomic E-state index is 0.0303. The maximum absolute atomic E-state index is 14.2. The number of nitrogens with zero attached hydrogens (tertiary/aromatic N) is 1. The molecule has 6 nitrogen and oxygen atoms in total. The first-order valence-electron chi connectivity index (χ1n) is 13.9. The molecule has 1 amide bonds. The molecular weight excluding hydrogens is 547 g/mol. The summed E-state index contributed by atoms with van der Waals surface area (Å²) >= 11 is 0. The summed E-state index contributed by atoms with van der Waals surface area (Å²) in [7, 11) is 1.63. The van der Waals surface area contributed by atoms with Crippen LogP contribution in [0.2, 0.25) is 0 Å². The molecule has 0 aromatic heterocycles. The van der Waals surface area contributed by atoms with E-state index in [0.29, 0.717) is 31.2 Å². The number of benzene rings is 3. The second-order valence-electron chi connectivity index (χ2n) is 10.8. The number of rotatable bonds is 8. The monoisotopic (exact) mass is 579 g/mol. The molecule has 1 fully saturated rings. The normalized spacial score (nSPS) is 21.1. The van der Waals surface area contributed by atoms with E-state index in [0.717, 1.165) is 23.3 Å². The number of amides is 1. The molecule has 1 aliphatic heterocycles. The van der Waals surface area contributed by atoms with Crippen molar-refractivity contribution in [2.75, 3.05) is 7.11 Å². The van der Waals surface area contributed by atoms with E-state index in [-0.39, 0.29) is 35.6 Å². The van der Waals surface area contributed by atoms with Crippen LogP contribution in [0, 0.1) is 6.92 Å². The van der Waals surface area contributed by atoms with E-state index in [1.165, 1.54) is 17.0 Å². The zero-order valence-electron chi connectivity index (χ0n) is 23.4. The number of carbonyl (C=O) groups is 2. The van der Waals surface area contributed by atoms with Crippen LogP contribution in [0.4, 0.5) is 13.2 Å². The van der Waals surface area contributed by atoms with Crippen LogP contribution in [0.1, 0.15) is 64.3 Å². The van der Waals surface area contributed by atoms with Gasteiger partial charge in [0.15, 0.2) is 11.5 Å². The fraction of sp³-hybridized carbons (Fsp3) is 0.333. The maximum atomic E-state index is 14.2. The first-order chi connectivity index (χ1) is 20.1. The third-order valence-corrected chi connectivity index (χ3v) is 8.03. The Labute approximate surface area is 242 Å². The van der Waals surface area contributed by atoms with Crippen molar-refractivity contribution in [1.82, 2.24) is 4.90 Å². The summed E-state index contributed by atoms with van der Waals surface area (Å²) in [6.07, 6.45) is -2.06. The highest BCUT2D eigenvalue weighted by Crippen LogP contribution is 2.44. The number of Topliss-reactive ketones (excluding diaryl/α,β-unsaturated/α-hetero) is 1. The molecular formula is C33H32F3NO5. The number of hydrogen-bond donors (Lipinski definition) is 1. The molecule has 1 atom stereocenters. The predicted octanol–water partition coefficient (Wildman–Crippen LogP) is 7.13. The summed E-state index contributed by atoms with van der Waals surface area (Å²) in [5.74, 6) is -1.77. The smallest absolute Gasteiger partial charge is 0.416 e. The average Bonchev–Trinajstić information content (AvgIpc) is 3.26. The minimum atomic E-state index is -4.55. The van der Waals surface area contributed by atoms with Crippen LogP contribution in [0.3, 0.4) is 0 Å². The second-order valence-corrected chi connectivity index (χ2v) is 10.8. The van der Waals surface area contributed by atoms with E-state index in [9.17, 15) is 27.9 Å². The van der Waals surface area contributed by atoms with Gasteiger partial charge >= 0.3 is 6.18 Å². The number of hydrogen-bond acceptors (Lipinski definition) is 5. The Hall–Kier alpha value is -4.11. The topological polar surface area (TPSA) is 76.1 Å². The van der Waals surface area contributed by atoms with Gasteiger partial charge in [-0.2, -0.15) is 13.2 Å². The van der Waals surface area contributed by atoms with Gasteiger partial charge in [0.25, 0.3) is 5.91 Å². The van der Waals surface area contributed by atoms with E-state index in [1.807, 2.05) is 30.3 Å². The van der Waals surface area contributed by atoms with Gasteiger partial charge in [0, 0.05) is 13.2 Å². The van der Waals surface area contributed by atoms with Gasteiger partial charge in [-0.05, 0) is 68.0 Å². The SMILES string of the molecule is COC1CCC(N2C(=O)C(O)=C(C(=O)c3cc(C)ccc3OCc3ccccc3)C2c2ccc(C(F)(F)F)cc2)CC1. The van der Waals surface area contributed by atoms with Crippen LogP contribution >= 0.6 is 0 Å². The number of aliphatic hydroxyl groups excluding tert-OH is 1. The Balaban J connectivity index is 1.54. The summed E-state index contributed by atoms with van der Waals surface area (Å²) in [5.41, 5.74) is 1.08. The molecule has 0 bridgehead atoms. The average molecular weight is 580 g/mol. The highest BCUT2D eigenvalue weighted by molar-refractivity contribution is 6.17. The van der Waals surface area contributed by atoms with Crippen molar-refractivity contribution in [3.05, 3.63) is 112 Å². The van der Waals surface area contributed by atoms with Gasteiger partial charge in [-0.3, -0.25) is 9.59 Å². The lowest BCUT2D eigenvalue weighted by atomic mass is 9.87. The van der Waals surface area contributed by atoms with Gasteiger partial charge in [0.05, 0.1) is 28.8 Å². The Morgan fingerprint density at radius 1 is 0.976 bits per heavy atom. The Bertz CT molecular complexity index is 1480. The summed E-state index contributed by atoms with van der Waals surface area (Å²) in [5, 5.41) is 11.2. The largest absolute Gasteiger partial charge is 0.503 e. The molecule has 9 heteroatoms. The van der Waals surface area contributed by atoms with Crippen molar-refractivity contribution < 1.29 is 37.3 Å². The van der Waals surface area contributed by atoms with Gasteiger partial charge < -0.3 is 19.5 Å². The fourth-order valence-corrected chi connectivity index (χ4v) is 5.80. The predicted molar refractivity (Wildman–Crippen MR) is 150 cm³/mol. The van der Waals surface area contributed by atoms with Crippen molar-refractivity contribution in [3.8, 4) is 5.75 Å². The number of carbonyl (C=O) groups excluding carboxylic acids is 2. The molecule has 3 aromatic rings. The Kier molecular flexibility index (Phi) is 8.41. The minimum Gasteiger partial charge on any atom is -0.503 e. The van der Waals surface area contributed by atoms with Crippen molar-refractivity contribution in [2.24, 2.45) is 0 Å². The number of halogens is 3. The zero-order valence-corrected chi connectivity index (χ0v) is 23.4. The highest BCUT2D eigenvalue weighted by Gasteiger charge is 2.48. The van der Waals surface area contributed by atoms with E-state index in [1.54, 1.807) is 32.2 Å². The molecule has 2 aliphatic rings. The molecule has 220 valence electrons. The van der Waals surface area contributed by atoms with Crippen molar-refractivity contribution >= 4 is 11.7 Å². The number of ether oxygens (including phenoxy) is 2. The molecule has 3 aromatic carbocycles. The maximum Gasteiger partial charge on any atom is 0.416 e. The fourth-order valence-electron chi connectivity index (χ4n) is 5.80. The molecule has 0 saturated heterocycles.